The molecule has 0 fully saturated rings. The summed E-state index contributed by atoms with van der Waals surface area (Å²) in [7, 11) is 0. The average Bonchev–Trinajstić information content (AvgIpc) is 3.22. The molecule has 0 aliphatic rings. The van der Waals surface area contributed by atoms with Gasteiger partial charge in [0.1, 0.15) is 11.3 Å². The zero-order valence-corrected chi connectivity index (χ0v) is 19.8. The Labute approximate surface area is 199 Å². The van der Waals surface area contributed by atoms with Crippen LogP contribution in [-0.2, 0) is 4.79 Å². The maximum Gasteiger partial charge on any atom is 0.248 e. The number of ether oxygens (including phenoxy) is 1. The first-order chi connectivity index (χ1) is 16.4. The number of benzene rings is 3. The number of carbonyl (C=O) groups excluding carboxylic acids is 2. The highest BCUT2D eigenvalue weighted by Crippen LogP contribution is 2.37. The molecule has 172 valence electrons. The summed E-state index contributed by atoms with van der Waals surface area (Å²) >= 11 is 0. The third-order valence-electron chi connectivity index (χ3n) is 5.65. The van der Waals surface area contributed by atoms with Crippen LogP contribution in [0, 0.1) is 6.92 Å². The number of carbonyl (C=O) groups is 2. The van der Waals surface area contributed by atoms with E-state index in [1.54, 1.807) is 30.5 Å². The number of nitrogens with one attached hydrogen (secondary N) is 1. The molecule has 1 heterocycles. The van der Waals surface area contributed by atoms with Gasteiger partial charge in [-0.25, -0.2) is 0 Å². The standard InChI is InChI=1S/C29H27NO4/c1-5-33-27-16-28-25(26(17-34-28)21-11-9-18(2)10-12-21)15-24(27)19(3)13-29(32)30-23-8-6-7-22(14-23)20(4)31/h6-17H,5H2,1-4H3,(H,30,32)/b19-13+. The van der Waals surface area contributed by atoms with Crippen LogP contribution in [-0.4, -0.2) is 18.3 Å². The number of amides is 1. The van der Waals surface area contributed by atoms with Gasteiger partial charge in [-0.15, -0.1) is 0 Å². The summed E-state index contributed by atoms with van der Waals surface area (Å²) in [6.45, 7) is 7.83. The van der Waals surface area contributed by atoms with Crippen LogP contribution in [0.25, 0.3) is 27.7 Å². The molecule has 0 saturated heterocycles. The second-order valence-corrected chi connectivity index (χ2v) is 8.25. The molecule has 1 N–H and O–H groups in total. The van der Waals surface area contributed by atoms with Crippen LogP contribution in [0.1, 0.15) is 42.3 Å². The molecule has 0 saturated carbocycles. The van der Waals surface area contributed by atoms with Gasteiger partial charge in [0.15, 0.2) is 5.78 Å². The molecule has 34 heavy (non-hydrogen) atoms. The second-order valence-electron chi connectivity index (χ2n) is 8.25. The molecule has 0 unspecified atom stereocenters. The summed E-state index contributed by atoms with van der Waals surface area (Å²) in [6.07, 6.45) is 3.29. The van der Waals surface area contributed by atoms with Crippen molar-refractivity contribution in [1.82, 2.24) is 0 Å². The van der Waals surface area contributed by atoms with Crippen LogP contribution in [0.15, 0.2) is 77.4 Å². The number of hydrogen-bond acceptors (Lipinski definition) is 4. The van der Waals surface area contributed by atoms with Crippen molar-refractivity contribution in [3.8, 4) is 16.9 Å². The molecule has 3 aromatic carbocycles. The third-order valence-corrected chi connectivity index (χ3v) is 5.65. The van der Waals surface area contributed by atoms with Crippen LogP contribution < -0.4 is 10.1 Å². The molecule has 1 aromatic heterocycles. The maximum absolute atomic E-state index is 12.7. The van der Waals surface area contributed by atoms with Gasteiger partial charge < -0.3 is 14.5 Å². The van der Waals surface area contributed by atoms with Crippen molar-refractivity contribution in [2.75, 3.05) is 11.9 Å². The predicted octanol–water partition coefficient (Wildman–Crippen LogP) is 7.05. The fourth-order valence-corrected chi connectivity index (χ4v) is 3.86. The lowest BCUT2D eigenvalue weighted by atomic mass is 9.98. The van der Waals surface area contributed by atoms with E-state index in [0.29, 0.717) is 23.6 Å². The predicted molar refractivity (Wildman–Crippen MR) is 136 cm³/mol. The van der Waals surface area contributed by atoms with Gasteiger partial charge in [-0.05, 0) is 57.0 Å². The Morgan fingerprint density at radius 1 is 1.03 bits per heavy atom. The lowest BCUT2D eigenvalue weighted by Gasteiger charge is -2.12. The van der Waals surface area contributed by atoms with E-state index in [1.807, 2.05) is 26.0 Å². The number of rotatable bonds is 7. The molecule has 0 bridgehead atoms. The van der Waals surface area contributed by atoms with Gasteiger partial charge in [-0.3, -0.25) is 9.59 Å². The monoisotopic (exact) mass is 453 g/mol. The number of furan rings is 1. The molecule has 0 aliphatic heterocycles. The van der Waals surface area contributed by atoms with Gasteiger partial charge in [0.25, 0.3) is 0 Å². The van der Waals surface area contributed by atoms with E-state index in [9.17, 15) is 9.59 Å². The third kappa shape index (κ3) is 4.94. The summed E-state index contributed by atoms with van der Waals surface area (Å²) in [5.74, 6) is 0.314. The molecular formula is C29H27NO4. The molecule has 5 heteroatoms. The van der Waals surface area contributed by atoms with Crippen molar-refractivity contribution in [2.45, 2.75) is 27.7 Å². The Balaban J connectivity index is 1.70. The highest BCUT2D eigenvalue weighted by Gasteiger charge is 2.15. The van der Waals surface area contributed by atoms with Gasteiger partial charge in [-0.2, -0.15) is 0 Å². The van der Waals surface area contributed by atoms with Crippen LogP contribution in [0.5, 0.6) is 5.75 Å². The van der Waals surface area contributed by atoms with Crippen molar-refractivity contribution in [3.63, 3.8) is 0 Å². The summed E-state index contributed by atoms with van der Waals surface area (Å²) in [4.78, 5) is 24.4. The molecule has 4 rings (SSSR count). The van der Waals surface area contributed by atoms with Crippen LogP contribution in [0.2, 0.25) is 0 Å². The number of fused-ring (bicyclic) bond motifs is 1. The fourth-order valence-electron chi connectivity index (χ4n) is 3.86. The zero-order chi connectivity index (χ0) is 24.2. The Morgan fingerprint density at radius 2 is 1.79 bits per heavy atom. The molecular weight excluding hydrogens is 426 g/mol. The smallest absolute Gasteiger partial charge is 0.248 e. The minimum Gasteiger partial charge on any atom is -0.493 e. The number of aryl methyl sites for hydroxylation is 1. The molecule has 5 nitrogen and oxygen atoms in total. The largest absolute Gasteiger partial charge is 0.493 e. The number of allylic oxidation sites excluding steroid dienone is 1. The highest BCUT2D eigenvalue weighted by molar-refractivity contribution is 6.06. The fraction of sp³-hybridized carbons (Fsp3) is 0.172. The van der Waals surface area contributed by atoms with Crippen molar-refractivity contribution < 1.29 is 18.7 Å². The first kappa shape index (κ1) is 23.1. The molecule has 0 spiro atoms. The Morgan fingerprint density at radius 3 is 2.50 bits per heavy atom. The normalized spacial score (nSPS) is 11.5. The minimum absolute atomic E-state index is 0.0537. The zero-order valence-electron chi connectivity index (χ0n) is 19.8. The van der Waals surface area contributed by atoms with E-state index in [4.69, 9.17) is 9.15 Å². The van der Waals surface area contributed by atoms with E-state index in [1.165, 1.54) is 18.6 Å². The molecule has 1 amide bonds. The maximum atomic E-state index is 12.7. The highest BCUT2D eigenvalue weighted by atomic mass is 16.5. The quantitative estimate of drug-likeness (QED) is 0.240. The summed E-state index contributed by atoms with van der Waals surface area (Å²) < 4.78 is 11.7. The van der Waals surface area contributed by atoms with E-state index in [2.05, 4.69) is 36.5 Å². The average molecular weight is 454 g/mol. The Bertz CT molecular complexity index is 1390. The lowest BCUT2D eigenvalue weighted by Crippen LogP contribution is -2.09. The van der Waals surface area contributed by atoms with Gasteiger partial charge in [0, 0.05) is 39.9 Å². The van der Waals surface area contributed by atoms with E-state index in [-0.39, 0.29) is 11.7 Å². The Kier molecular flexibility index (Phi) is 6.64. The Hall–Kier alpha value is -4.12. The van der Waals surface area contributed by atoms with Crippen molar-refractivity contribution in [3.05, 3.63) is 89.7 Å². The summed E-state index contributed by atoms with van der Waals surface area (Å²) in [6, 6.07) is 19.0. The lowest BCUT2D eigenvalue weighted by molar-refractivity contribution is -0.111. The van der Waals surface area contributed by atoms with Crippen LogP contribution in [0.4, 0.5) is 5.69 Å². The number of Topliss-reactive ketones (excluding diaryl/α,β-unsaturated/α-hetero) is 1. The summed E-state index contributed by atoms with van der Waals surface area (Å²) in [5, 5.41) is 3.79. The van der Waals surface area contributed by atoms with Gasteiger partial charge in [0.05, 0.1) is 12.9 Å². The van der Waals surface area contributed by atoms with E-state index >= 15 is 0 Å². The van der Waals surface area contributed by atoms with Crippen molar-refractivity contribution in [1.29, 1.82) is 0 Å². The van der Waals surface area contributed by atoms with Gasteiger partial charge in [0.2, 0.25) is 5.91 Å². The number of ketones is 1. The minimum atomic E-state index is -0.285. The molecule has 0 radical (unpaired) electrons. The van der Waals surface area contributed by atoms with E-state index in [0.717, 1.165) is 33.2 Å². The number of anilines is 1. The van der Waals surface area contributed by atoms with Crippen LogP contribution in [0.3, 0.4) is 0 Å². The first-order valence-electron chi connectivity index (χ1n) is 11.2. The number of hydrogen-bond donors (Lipinski definition) is 1. The SMILES string of the molecule is CCOc1cc2occ(-c3ccc(C)cc3)c2cc1/C(C)=C/C(=O)Nc1cccc(C(C)=O)c1. The van der Waals surface area contributed by atoms with Crippen LogP contribution >= 0.6 is 0 Å². The summed E-state index contributed by atoms with van der Waals surface area (Å²) in [5.41, 5.74) is 6.64. The topological polar surface area (TPSA) is 68.5 Å². The first-order valence-corrected chi connectivity index (χ1v) is 11.2. The second kappa shape index (κ2) is 9.79. The van der Waals surface area contributed by atoms with Crippen molar-refractivity contribution >= 4 is 33.9 Å². The van der Waals surface area contributed by atoms with Crippen molar-refractivity contribution in [2.24, 2.45) is 0 Å². The molecule has 4 aromatic rings. The van der Waals surface area contributed by atoms with E-state index < -0.39 is 0 Å². The molecule has 0 atom stereocenters. The molecule has 0 aliphatic carbocycles. The van der Waals surface area contributed by atoms with Gasteiger partial charge in [-0.1, -0.05) is 42.0 Å². The van der Waals surface area contributed by atoms with Gasteiger partial charge >= 0.3 is 0 Å².